The summed E-state index contributed by atoms with van der Waals surface area (Å²) in [5, 5.41) is 3.29. The number of sulfone groups is 1. The molecule has 0 saturated carbocycles. The Labute approximate surface area is 198 Å². The standard InChI is InChI=1S/C23H27ClN4O4S/c1-3-33(30,31)17-6-4-15(5-7-17)11-25-22-21(29)14(2)18(16-8-9-32-13-16)10-19-20(27-22)12-26-23(24)28-19/h4-7,12,14,16,18H,3,8-11,13H2,1-2H3,(H,25,27). The SMILES string of the molecule is CCS(=O)(=O)c1ccc(CN=C2Nc3cnc(Cl)nc3CC(C3CCOC3)C(C)C2=O)cc1. The number of hydrogen-bond acceptors (Lipinski definition) is 7. The van der Waals surface area contributed by atoms with Gasteiger partial charge in [-0.2, -0.15) is 0 Å². The van der Waals surface area contributed by atoms with E-state index in [1.807, 2.05) is 6.92 Å². The minimum atomic E-state index is -3.26. The van der Waals surface area contributed by atoms with E-state index in [2.05, 4.69) is 20.3 Å². The van der Waals surface area contributed by atoms with Gasteiger partial charge < -0.3 is 10.1 Å². The lowest BCUT2D eigenvalue weighted by Gasteiger charge is -2.31. The maximum atomic E-state index is 13.4. The number of amidine groups is 1. The molecular formula is C23H27ClN4O4S. The summed E-state index contributed by atoms with van der Waals surface area (Å²) in [5.41, 5.74) is 2.18. The zero-order valence-electron chi connectivity index (χ0n) is 18.6. The average molecular weight is 491 g/mol. The van der Waals surface area contributed by atoms with E-state index in [0.29, 0.717) is 25.3 Å². The fraction of sp³-hybridized carbons (Fsp3) is 0.478. The number of ether oxygens (including phenoxy) is 1. The highest BCUT2D eigenvalue weighted by atomic mass is 35.5. The number of halogens is 1. The number of carbonyl (C=O) groups excluding carboxylic acids is 1. The van der Waals surface area contributed by atoms with Crippen LogP contribution in [0.2, 0.25) is 5.28 Å². The van der Waals surface area contributed by atoms with Crippen LogP contribution < -0.4 is 5.32 Å². The van der Waals surface area contributed by atoms with E-state index in [0.717, 1.165) is 17.7 Å². The van der Waals surface area contributed by atoms with Crippen LogP contribution in [-0.2, 0) is 32.3 Å². The van der Waals surface area contributed by atoms with Crippen molar-refractivity contribution in [2.45, 2.75) is 38.1 Å². The van der Waals surface area contributed by atoms with Crippen molar-refractivity contribution in [3.63, 3.8) is 0 Å². The number of nitrogens with one attached hydrogen (secondary N) is 1. The van der Waals surface area contributed by atoms with Crippen molar-refractivity contribution in [2.24, 2.45) is 22.7 Å². The molecule has 0 radical (unpaired) electrons. The van der Waals surface area contributed by atoms with Gasteiger partial charge in [-0.3, -0.25) is 9.79 Å². The predicted molar refractivity (Wildman–Crippen MR) is 126 cm³/mol. The van der Waals surface area contributed by atoms with Crippen LogP contribution in [0.25, 0.3) is 0 Å². The monoisotopic (exact) mass is 490 g/mol. The molecule has 0 spiro atoms. The van der Waals surface area contributed by atoms with Crippen LogP contribution in [0.3, 0.4) is 0 Å². The maximum absolute atomic E-state index is 13.4. The van der Waals surface area contributed by atoms with Gasteiger partial charge in [0.2, 0.25) is 11.1 Å². The van der Waals surface area contributed by atoms with Crippen LogP contribution in [0, 0.1) is 17.8 Å². The van der Waals surface area contributed by atoms with Crippen LogP contribution in [0.4, 0.5) is 5.69 Å². The molecule has 2 aliphatic rings. The highest BCUT2D eigenvalue weighted by molar-refractivity contribution is 7.91. The second-order valence-corrected chi connectivity index (χ2v) is 11.1. The molecule has 33 heavy (non-hydrogen) atoms. The molecule has 0 bridgehead atoms. The summed E-state index contributed by atoms with van der Waals surface area (Å²) in [6, 6.07) is 6.59. The summed E-state index contributed by atoms with van der Waals surface area (Å²) < 4.78 is 29.7. The average Bonchev–Trinajstić information content (AvgIpc) is 3.34. The molecule has 1 fully saturated rings. The van der Waals surface area contributed by atoms with Crippen molar-refractivity contribution in [1.29, 1.82) is 0 Å². The Balaban J connectivity index is 1.63. The van der Waals surface area contributed by atoms with E-state index in [1.165, 1.54) is 0 Å². The third-order valence-corrected chi connectivity index (χ3v) is 8.39. The number of ketones is 1. The largest absolute Gasteiger partial charge is 0.381 e. The number of carbonyl (C=O) groups is 1. The zero-order chi connectivity index (χ0) is 23.6. The topological polar surface area (TPSA) is 111 Å². The molecule has 2 aliphatic heterocycles. The molecule has 2 aromatic rings. The molecule has 0 amide bonds. The molecule has 8 nitrogen and oxygen atoms in total. The highest BCUT2D eigenvalue weighted by Crippen LogP contribution is 2.35. The molecule has 3 heterocycles. The summed E-state index contributed by atoms with van der Waals surface area (Å²) in [5.74, 6) is 0.251. The zero-order valence-corrected chi connectivity index (χ0v) is 20.2. The van der Waals surface area contributed by atoms with E-state index < -0.39 is 9.84 Å². The number of aliphatic imine (C=N–C) groups is 1. The van der Waals surface area contributed by atoms with Gasteiger partial charge in [-0.15, -0.1) is 0 Å². The van der Waals surface area contributed by atoms with Gasteiger partial charge in [0.25, 0.3) is 0 Å². The molecule has 1 aromatic carbocycles. The number of anilines is 1. The van der Waals surface area contributed by atoms with Gasteiger partial charge in [0.05, 0.1) is 34.8 Å². The molecule has 3 unspecified atom stereocenters. The van der Waals surface area contributed by atoms with Gasteiger partial charge in [-0.1, -0.05) is 26.0 Å². The minimum Gasteiger partial charge on any atom is -0.381 e. The van der Waals surface area contributed by atoms with Crippen LogP contribution in [0.5, 0.6) is 0 Å². The van der Waals surface area contributed by atoms with Crippen molar-refractivity contribution in [2.75, 3.05) is 24.3 Å². The van der Waals surface area contributed by atoms with Crippen LogP contribution in [-0.4, -0.2) is 49.0 Å². The molecule has 1 N–H and O–H groups in total. The van der Waals surface area contributed by atoms with Crippen LogP contribution in [0.15, 0.2) is 40.4 Å². The number of fused-ring (bicyclic) bond motifs is 1. The first-order valence-electron chi connectivity index (χ1n) is 11.0. The Bertz CT molecular complexity index is 1160. The molecule has 0 aliphatic carbocycles. The fourth-order valence-electron chi connectivity index (χ4n) is 4.37. The van der Waals surface area contributed by atoms with Gasteiger partial charge >= 0.3 is 0 Å². The van der Waals surface area contributed by atoms with Crippen molar-refractivity contribution in [1.82, 2.24) is 9.97 Å². The highest BCUT2D eigenvalue weighted by Gasteiger charge is 2.37. The van der Waals surface area contributed by atoms with Crippen LogP contribution >= 0.6 is 11.6 Å². The second kappa shape index (κ2) is 9.87. The number of benzene rings is 1. The number of nitrogens with zero attached hydrogens (tertiary/aromatic N) is 3. The van der Waals surface area contributed by atoms with Crippen molar-refractivity contribution >= 4 is 38.7 Å². The third-order valence-electron chi connectivity index (χ3n) is 6.46. The van der Waals surface area contributed by atoms with E-state index in [4.69, 9.17) is 16.3 Å². The van der Waals surface area contributed by atoms with Crippen molar-refractivity contribution in [3.05, 3.63) is 47.0 Å². The van der Waals surface area contributed by atoms with Crippen LogP contribution in [0.1, 0.15) is 31.5 Å². The number of hydrogen-bond donors (Lipinski definition) is 1. The van der Waals surface area contributed by atoms with Gasteiger partial charge in [0.1, 0.15) is 0 Å². The summed E-state index contributed by atoms with van der Waals surface area (Å²) in [4.78, 5) is 26.7. The van der Waals surface area contributed by atoms with Gasteiger partial charge in [0.15, 0.2) is 15.7 Å². The van der Waals surface area contributed by atoms with Gasteiger partial charge in [-0.05, 0) is 54.0 Å². The molecule has 1 aromatic heterocycles. The minimum absolute atomic E-state index is 0.0453. The van der Waals surface area contributed by atoms with E-state index >= 15 is 0 Å². The summed E-state index contributed by atoms with van der Waals surface area (Å²) in [6.45, 7) is 5.10. The Hall–Kier alpha value is -2.36. The summed E-state index contributed by atoms with van der Waals surface area (Å²) in [6.07, 6.45) is 3.09. The molecule has 10 heteroatoms. The normalized spacial score (nSPS) is 24.8. The van der Waals surface area contributed by atoms with Crippen molar-refractivity contribution < 1.29 is 17.9 Å². The van der Waals surface area contributed by atoms with E-state index in [9.17, 15) is 13.2 Å². The lowest BCUT2D eigenvalue weighted by Crippen LogP contribution is -2.39. The fourth-order valence-corrected chi connectivity index (χ4v) is 5.41. The summed E-state index contributed by atoms with van der Waals surface area (Å²) >= 11 is 6.06. The Morgan fingerprint density at radius 2 is 2.03 bits per heavy atom. The van der Waals surface area contributed by atoms with Crippen molar-refractivity contribution in [3.8, 4) is 0 Å². The predicted octanol–water partition coefficient (Wildman–Crippen LogP) is 3.35. The van der Waals surface area contributed by atoms with Gasteiger partial charge in [-0.25, -0.2) is 18.4 Å². The summed E-state index contributed by atoms with van der Waals surface area (Å²) in [7, 11) is -3.26. The number of Topliss-reactive ketones (excluding diaryl/α,β-unsaturated/α-hetero) is 1. The number of aromatic nitrogens is 2. The lowest BCUT2D eigenvalue weighted by atomic mass is 9.76. The maximum Gasteiger partial charge on any atom is 0.222 e. The lowest BCUT2D eigenvalue weighted by molar-refractivity contribution is -0.118. The second-order valence-electron chi connectivity index (χ2n) is 8.48. The van der Waals surface area contributed by atoms with E-state index in [1.54, 1.807) is 37.4 Å². The third kappa shape index (κ3) is 5.26. The molecule has 4 rings (SSSR count). The first-order chi connectivity index (χ1) is 15.8. The Morgan fingerprint density at radius 1 is 1.27 bits per heavy atom. The molecule has 3 atom stereocenters. The first kappa shape index (κ1) is 23.8. The molecular weight excluding hydrogens is 464 g/mol. The Morgan fingerprint density at radius 3 is 2.70 bits per heavy atom. The first-order valence-corrected chi connectivity index (χ1v) is 13.1. The smallest absolute Gasteiger partial charge is 0.222 e. The molecule has 176 valence electrons. The molecule has 1 saturated heterocycles. The van der Waals surface area contributed by atoms with E-state index in [-0.39, 0.29) is 51.8 Å². The Kier molecular flexibility index (Phi) is 7.11. The van der Waals surface area contributed by atoms with Gasteiger partial charge in [0, 0.05) is 19.1 Å². The quantitative estimate of drug-likeness (QED) is 0.640. The number of rotatable bonds is 5.